The third kappa shape index (κ3) is 12.1. The van der Waals surface area contributed by atoms with E-state index in [0.717, 1.165) is 64.3 Å². The van der Waals surface area contributed by atoms with Crippen molar-refractivity contribution in [2.75, 3.05) is 6.54 Å². The normalized spacial score (nSPS) is 11.7. The predicted octanol–water partition coefficient (Wildman–Crippen LogP) is 3.10. The number of aliphatic hydroxyl groups is 2. The SMILES string of the molecule is C=CCCCCCCC(O)(O)CCCCCCN. The van der Waals surface area contributed by atoms with Crippen LogP contribution in [-0.4, -0.2) is 22.5 Å². The lowest BCUT2D eigenvalue weighted by Gasteiger charge is -2.21. The molecule has 0 spiro atoms. The quantitative estimate of drug-likeness (QED) is 0.270. The van der Waals surface area contributed by atoms with Crippen molar-refractivity contribution in [2.45, 2.75) is 76.4 Å². The first-order valence-electron chi connectivity index (χ1n) is 7.38. The number of allylic oxidation sites excluding steroid dienone is 1. The molecule has 3 heteroatoms. The number of unbranched alkanes of at least 4 members (excludes halogenated alkanes) is 7. The lowest BCUT2D eigenvalue weighted by molar-refractivity contribution is -0.172. The van der Waals surface area contributed by atoms with E-state index in [1.54, 1.807) is 0 Å². The lowest BCUT2D eigenvalue weighted by atomic mass is 10.00. The second-order valence-electron chi connectivity index (χ2n) is 5.18. The van der Waals surface area contributed by atoms with Gasteiger partial charge in [0.05, 0.1) is 0 Å². The Labute approximate surface area is 112 Å². The van der Waals surface area contributed by atoms with Gasteiger partial charge >= 0.3 is 0 Å². The maximum Gasteiger partial charge on any atom is 0.162 e. The van der Waals surface area contributed by atoms with Crippen LogP contribution < -0.4 is 5.73 Å². The molecule has 0 amide bonds. The largest absolute Gasteiger partial charge is 0.366 e. The lowest BCUT2D eigenvalue weighted by Crippen LogP contribution is -2.27. The van der Waals surface area contributed by atoms with Crippen molar-refractivity contribution in [1.82, 2.24) is 0 Å². The Hall–Kier alpha value is -0.380. The van der Waals surface area contributed by atoms with Gasteiger partial charge in [-0.1, -0.05) is 31.8 Å². The molecule has 0 rings (SSSR count). The second kappa shape index (κ2) is 11.7. The van der Waals surface area contributed by atoms with Gasteiger partial charge in [0.1, 0.15) is 0 Å². The average Bonchev–Trinajstić information content (AvgIpc) is 2.33. The van der Waals surface area contributed by atoms with E-state index in [4.69, 9.17) is 5.73 Å². The molecule has 18 heavy (non-hydrogen) atoms. The summed E-state index contributed by atoms with van der Waals surface area (Å²) in [6.07, 6.45) is 12.3. The number of nitrogens with two attached hydrogens (primary N) is 1. The fraction of sp³-hybridized carbons (Fsp3) is 0.867. The van der Waals surface area contributed by atoms with E-state index < -0.39 is 5.79 Å². The van der Waals surface area contributed by atoms with Crippen LogP contribution in [0.15, 0.2) is 12.7 Å². The minimum Gasteiger partial charge on any atom is -0.366 e. The molecule has 0 aliphatic rings. The van der Waals surface area contributed by atoms with Gasteiger partial charge in [0.15, 0.2) is 5.79 Å². The maximum atomic E-state index is 9.79. The number of hydrogen-bond acceptors (Lipinski definition) is 3. The van der Waals surface area contributed by atoms with E-state index in [2.05, 4.69) is 6.58 Å². The van der Waals surface area contributed by atoms with Crippen LogP contribution in [0, 0.1) is 0 Å². The molecule has 0 fully saturated rings. The Morgan fingerprint density at radius 2 is 1.33 bits per heavy atom. The summed E-state index contributed by atoms with van der Waals surface area (Å²) in [4.78, 5) is 0. The third-order valence-electron chi connectivity index (χ3n) is 3.27. The third-order valence-corrected chi connectivity index (χ3v) is 3.27. The summed E-state index contributed by atoms with van der Waals surface area (Å²) in [5, 5.41) is 19.6. The van der Waals surface area contributed by atoms with Crippen molar-refractivity contribution < 1.29 is 10.2 Å². The van der Waals surface area contributed by atoms with Gasteiger partial charge in [-0.2, -0.15) is 0 Å². The highest BCUT2D eigenvalue weighted by atomic mass is 16.5. The molecule has 0 saturated heterocycles. The molecule has 4 N–H and O–H groups in total. The van der Waals surface area contributed by atoms with Crippen LogP contribution in [0.3, 0.4) is 0 Å². The highest BCUT2D eigenvalue weighted by Crippen LogP contribution is 2.20. The minimum absolute atomic E-state index is 0.490. The van der Waals surface area contributed by atoms with Gasteiger partial charge in [0.25, 0.3) is 0 Å². The topological polar surface area (TPSA) is 66.5 Å². The fourth-order valence-electron chi connectivity index (χ4n) is 2.08. The first-order valence-corrected chi connectivity index (χ1v) is 7.38. The molecule has 3 nitrogen and oxygen atoms in total. The van der Waals surface area contributed by atoms with Gasteiger partial charge in [0.2, 0.25) is 0 Å². The Morgan fingerprint density at radius 1 is 0.833 bits per heavy atom. The molecule has 0 radical (unpaired) electrons. The van der Waals surface area contributed by atoms with Gasteiger partial charge in [-0.15, -0.1) is 6.58 Å². The standard InChI is InChI=1S/C15H31NO2/c1-2-3-4-5-6-9-12-15(17,18)13-10-7-8-11-14-16/h2,17-18H,1,3-14,16H2. The molecule has 0 aromatic heterocycles. The van der Waals surface area contributed by atoms with Gasteiger partial charge in [-0.05, 0) is 38.6 Å². The summed E-state index contributed by atoms with van der Waals surface area (Å²) in [5.74, 6) is -1.46. The molecule has 0 bridgehead atoms. The van der Waals surface area contributed by atoms with Gasteiger partial charge in [-0.3, -0.25) is 0 Å². The van der Waals surface area contributed by atoms with Crippen LogP contribution in [0.1, 0.15) is 70.6 Å². The van der Waals surface area contributed by atoms with Crippen LogP contribution in [0.5, 0.6) is 0 Å². The zero-order valence-electron chi connectivity index (χ0n) is 11.7. The highest BCUT2D eigenvalue weighted by Gasteiger charge is 2.21. The summed E-state index contributed by atoms with van der Waals surface area (Å²) >= 11 is 0. The Kier molecular flexibility index (Phi) is 11.4. The first kappa shape index (κ1) is 17.6. The van der Waals surface area contributed by atoms with Crippen LogP contribution in [0.2, 0.25) is 0 Å². The Bertz CT molecular complexity index is 193. The summed E-state index contributed by atoms with van der Waals surface area (Å²) < 4.78 is 0. The average molecular weight is 257 g/mol. The number of rotatable bonds is 13. The van der Waals surface area contributed by atoms with Crippen LogP contribution in [-0.2, 0) is 0 Å². The molecule has 0 atom stereocenters. The molecule has 108 valence electrons. The van der Waals surface area contributed by atoms with Crippen molar-refractivity contribution in [3.8, 4) is 0 Å². The number of hydrogen-bond donors (Lipinski definition) is 3. The molecular weight excluding hydrogens is 226 g/mol. The van der Waals surface area contributed by atoms with Crippen molar-refractivity contribution >= 4 is 0 Å². The summed E-state index contributed by atoms with van der Waals surface area (Å²) in [7, 11) is 0. The summed E-state index contributed by atoms with van der Waals surface area (Å²) in [6, 6.07) is 0. The van der Waals surface area contributed by atoms with Crippen LogP contribution in [0.25, 0.3) is 0 Å². The molecule has 0 heterocycles. The van der Waals surface area contributed by atoms with Crippen LogP contribution in [0.4, 0.5) is 0 Å². The van der Waals surface area contributed by atoms with Crippen LogP contribution >= 0.6 is 0 Å². The van der Waals surface area contributed by atoms with Crippen molar-refractivity contribution in [3.05, 3.63) is 12.7 Å². The van der Waals surface area contributed by atoms with E-state index in [1.165, 1.54) is 0 Å². The Balaban J connectivity index is 3.39. The maximum absolute atomic E-state index is 9.79. The summed E-state index contributed by atoms with van der Waals surface area (Å²) in [6.45, 7) is 4.42. The smallest absolute Gasteiger partial charge is 0.162 e. The van der Waals surface area contributed by atoms with Crippen molar-refractivity contribution in [3.63, 3.8) is 0 Å². The van der Waals surface area contributed by atoms with Crippen molar-refractivity contribution in [2.24, 2.45) is 5.73 Å². The van der Waals surface area contributed by atoms with Crippen molar-refractivity contribution in [1.29, 1.82) is 0 Å². The van der Waals surface area contributed by atoms with Gasteiger partial charge < -0.3 is 15.9 Å². The van der Waals surface area contributed by atoms with E-state index >= 15 is 0 Å². The van der Waals surface area contributed by atoms with Gasteiger partial charge in [-0.25, -0.2) is 0 Å². The van der Waals surface area contributed by atoms with E-state index in [9.17, 15) is 10.2 Å². The van der Waals surface area contributed by atoms with Gasteiger partial charge in [0, 0.05) is 12.8 Å². The minimum atomic E-state index is -1.46. The second-order valence-corrected chi connectivity index (χ2v) is 5.18. The molecule has 0 unspecified atom stereocenters. The molecular formula is C15H31NO2. The Morgan fingerprint density at radius 3 is 1.83 bits per heavy atom. The molecule has 0 aliphatic heterocycles. The highest BCUT2D eigenvalue weighted by molar-refractivity contribution is 4.67. The predicted molar refractivity (Wildman–Crippen MR) is 77.2 cm³/mol. The zero-order valence-corrected chi connectivity index (χ0v) is 11.7. The monoisotopic (exact) mass is 257 g/mol. The van der Waals surface area contributed by atoms with E-state index in [0.29, 0.717) is 12.8 Å². The zero-order chi connectivity index (χ0) is 13.7. The first-order chi connectivity index (χ1) is 8.62. The molecule has 0 aromatic carbocycles. The molecule has 0 aliphatic carbocycles. The molecule has 0 saturated carbocycles. The fourth-order valence-corrected chi connectivity index (χ4v) is 2.08. The van der Waals surface area contributed by atoms with E-state index in [1.807, 2.05) is 6.08 Å². The van der Waals surface area contributed by atoms with E-state index in [-0.39, 0.29) is 0 Å². The molecule has 0 aromatic rings. The summed E-state index contributed by atoms with van der Waals surface area (Å²) in [5.41, 5.74) is 5.41.